The number of phosphoric acid groups is 1. The van der Waals surface area contributed by atoms with Crippen LogP contribution in [0.3, 0.4) is 0 Å². The third-order valence-corrected chi connectivity index (χ3v) is 8.62. The van der Waals surface area contributed by atoms with Crippen LogP contribution in [-0.2, 0) is 37.5 Å². The molecular formula is C36H66NO10P. The molecule has 0 aromatic carbocycles. The molecule has 0 heterocycles. The minimum Gasteiger partial charge on any atom is -0.480 e. The van der Waals surface area contributed by atoms with Gasteiger partial charge in [-0.2, -0.15) is 0 Å². The summed E-state index contributed by atoms with van der Waals surface area (Å²) in [5.74, 6) is -2.41. The maximum absolute atomic E-state index is 12.5. The largest absolute Gasteiger partial charge is 0.480 e. The lowest BCUT2D eigenvalue weighted by molar-refractivity contribution is -0.161. The quantitative estimate of drug-likeness (QED) is 0.0253. The molecular weight excluding hydrogens is 637 g/mol. The van der Waals surface area contributed by atoms with E-state index in [4.69, 9.17) is 24.8 Å². The first-order valence-electron chi connectivity index (χ1n) is 18.4. The van der Waals surface area contributed by atoms with Crippen LogP contribution in [0.4, 0.5) is 0 Å². The highest BCUT2D eigenvalue weighted by molar-refractivity contribution is 7.47. The van der Waals surface area contributed by atoms with Crippen LogP contribution in [0.25, 0.3) is 0 Å². The van der Waals surface area contributed by atoms with Crippen molar-refractivity contribution < 1.29 is 47.5 Å². The van der Waals surface area contributed by atoms with Crippen LogP contribution in [0.5, 0.6) is 0 Å². The summed E-state index contributed by atoms with van der Waals surface area (Å²) < 4.78 is 32.5. The number of phosphoric ester groups is 1. The minimum atomic E-state index is -4.71. The Hall–Kier alpha value is -2.04. The average molecular weight is 704 g/mol. The number of carboxylic acid groups (broad SMARTS) is 1. The number of hydrogen-bond acceptors (Lipinski definition) is 9. The summed E-state index contributed by atoms with van der Waals surface area (Å²) in [6.07, 6.45) is 29.7. The van der Waals surface area contributed by atoms with E-state index >= 15 is 0 Å². The lowest BCUT2D eigenvalue weighted by atomic mass is 10.1. The molecule has 0 aromatic rings. The Bertz CT molecular complexity index is 926. The summed E-state index contributed by atoms with van der Waals surface area (Å²) in [6.45, 7) is 2.70. The van der Waals surface area contributed by atoms with Crippen molar-refractivity contribution in [2.45, 2.75) is 167 Å². The topological polar surface area (TPSA) is 172 Å². The number of carboxylic acids is 1. The van der Waals surface area contributed by atoms with Gasteiger partial charge >= 0.3 is 25.7 Å². The third kappa shape index (κ3) is 31.2. The predicted molar refractivity (Wildman–Crippen MR) is 189 cm³/mol. The second kappa shape index (κ2) is 32.2. The first-order valence-corrected chi connectivity index (χ1v) is 19.9. The zero-order valence-electron chi connectivity index (χ0n) is 29.8. The maximum atomic E-state index is 12.5. The van der Waals surface area contributed by atoms with E-state index in [0.717, 1.165) is 64.2 Å². The molecule has 280 valence electrons. The molecule has 0 aromatic heterocycles. The molecule has 0 aliphatic rings. The van der Waals surface area contributed by atoms with Gasteiger partial charge in [0.25, 0.3) is 0 Å². The monoisotopic (exact) mass is 703 g/mol. The average Bonchev–Trinajstić information content (AvgIpc) is 3.05. The van der Waals surface area contributed by atoms with Crippen molar-refractivity contribution in [3.05, 3.63) is 24.3 Å². The second-order valence-corrected chi connectivity index (χ2v) is 13.8. The van der Waals surface area contributed by atoms with Gasteiger partial charge in [-0.3, -0.25) is 23.4 Å². The van der Waals surface area contributed by atoms with Crippen LogP contribution in [-0.4, -0.2) is 59.9 Å². The maximum Gasteiger partial charge on any atom is 0.472 e. The van der Waals surface area contributed by atoms with E-state index in [2.05, 4.69) is 42.7 Å². The Balaban J connectivity index is 4.51. The summed E-state index contributed by atoms with van der Waals surface area (Å²) in [5, 5.41) is 8.84. The molecule has 0 saturated heterocycles. The second-order valence-electron chi connectivity index (χ2n) is 12.3. The number of carbonyl (C=O) groups is 3. The van der Waals surface area contributed by atoms with E-state index in [1.54, 1.807) is 0 Å². The number of ether oxygens (including phenoxy) is 2. The van der Waals surface area contributed by atoms with Crippen molar-refractivity contribution in [1.29, 1.82) is 0 Å². The highest BCUT2D eigenvalue weighted by atomic mass is 31.2. The van der Waals surface area contributed by atoms with Crippen LogP contribution >= 0.6 is 7.82 Å². The van der Waals surface area contributed by atoms with Gasteiger partial charge in [0.1, 0.15) is 12.6 Å². The van der Waals surface area contributed by atoms with Gasteiger partial charge in [-0.25, -0.2) is 4.57 Å². The number of carbonyl (C=O) groups excluding carboxylic acids is 2. The van der Waals surface area contributed by atoms with Crippen LogP contribution in [0.2, 0.25) is 0 Å². The van der Waals surface area contributed by atoms with E-state index in [9.17, 15) is 23.8 Å². The smallest absolute Gasteiger partial charge is 0.472 e. The van der Waals surface area contributed by atoms with Gasteiger partial charge in [0.05, 0.1) is 13.2 Å². The predicted octanol–water partition coefficient (Wildman–Crippen LogP) is 8.72. The number of esters is 2. The van der Waals surface area contributed by atoms with Crippen molar-refractivity contribution in [2.24, 2.45) is 5.73 Å². The van der Waals surface area contributed by atoms with Gasteiger partial charge in [-0.1, -0.05) is 109 Å². The van der Waals surface area contributed by atoms with Crippen LogP contribution in [0.1, 0.15) is 155 Å². The Morgan fingerprint density at radius 3 is 1.60 bits per heavy atom. The fourth-order valence-corrected chi connectivity index (χ4v) is 5.46. The molecule has 0 amide bonds. The summed E-state index contributed by atoms with van der Waals surface area (Å²) in [7, 11) is -4.71. The number of unbranched alkanes of at least 4 members (excludes halogenated alkanes) is 16. The molecule has 0 aliphatic heterocycles. The van der Waals surface area contributed by atoms with Crippen molar-refractivity contribution in [1.82, 2.24) is 0 Å². The first-order chi connectivity index (χ1) is 23.1. The Labute approximate surface area is 290 Å². The zero-order valence-corrected chi connectivity index (χ0v) is 30.7. The van der Waals surface area contributed by atoms with Gasteiger partial charge in [0, 0.05) is 12.8 Å². The van der Waals surface area contributed by atoms with Gasteiger partial charge in [-0.15, -0.1) is 0 Å². The molecule has 0 bridgehead atoms. The van der Waals surface area contributed by atoms with Gasteiger partial charge in [-0.05, 0) is 57.8 Å². The highest BCUT2D eigenvalue weighted by Gasteiger charge is 2.28. The highest BCUT2D eigenvalue weighted by Crippen LogP contribution is 2.43. The fourth-order valence-electron chi connectivity index (χ4n) is 4.69. The molecule has 0 saturated carbocycles. The molecule has 3 atom stereocenters. The normalized spacial score (nSPS) is 14.2. The van der Waals surface area contributed by atoms with E-state index < -0.39 is 51.1 Å². The van der Waals surface area contributed by atoms with Crippen molar-refractivity contribution in [2.75, 3.05) is 19.8 Å². The summed E-state index contributed by atoms with van der Waals surface area (Å²) in [5.41, 5.74) is 5.30. The first kappa shape index (κ1) is 46.0. The van der Waals surface area contributed by atoms with E-state index in [0.29, 0.717) is 12.8 Å². The van der Waals surface area contributed by atoms with E-state index in [-0.39, 0.29) is 19.4 Å². The molecule has 11 nitrogen and oxygen atoms in total. The molecule has 0 rings (SSSR count). The van der Waals surface area contributed by atoms with Crippen LogP contribution in [0.15, 0.2) is 24.3 Å². The number of aliphatic carboxylic acids is 1. The molecule has 12 heteroatoms. The van der Waals surface area contributed by atoms with Gasteiger partial charge < -0.3 is 25.2 Å². The van der Waals surface area contributed by atoms with Crippen molar-refractivity contribution in [3.63, 3.8) is 0 Å². The summed E-state index contributed by atoms with van der Waals surface area (Å²) >= 11 is 0. The Morgan fingerprint density at radius 1 is 0.625 bits per heavy atom. The van der Waals surface area contributed by atoms with E-state index in [1.807, 2.05) is 0 Å². The zero-order chi connectivity index (χ0) is 35.7. The number of rotatable bonds is 34. The van der Waals surface area contributed by atoms with Crippen LogP contribution < -0.4 is 5.73 Å². The lowest BCUT2D eigenvalue weighted by Gasteiger charge is -2.20. The standard InChI is InChI=1S/C36H66NO10P/c1-3-5-7-9-11-13-15-16-18-20-22-24-26-28-35(39)47-32(30-45-48(42,43)46-31-33(37)36(40)41)29-44-34(38)27-25-23-21-19-17-14-12-10-8-6-4-2/h10,12,16,18,32-33H,3-9,11,13-15,17,19-31,37H2,1-2H3,(H,40,41)(H,42,43)/b12-10+,18-16+/t32-,33+/m1/s1. The number of hydrogen-bond donors (Lipinski definition) is 3. The van der Waals surface area contributed by atoms with Crippen molar-refractivity contribution in [3.8, 4) is 0 Å². The molecule has 1 unspecified atom stereocenters. The van der Waals surface area contributed by atoms with Crippen LogP contribution in [0, 0.1) is 0 Å². The Kier molecular flexibility index (Phi) is 30.8. The number of nitrogens with two attached hydrogens (primary N) is 1. The lowest BCUT2D eigenvalue weighted by Crippen LogP contribution is -2.34. The number of allylic oxidation sites excluding steroid dienone is 4. The molecule has 48 heavy (non-hydrogen) atoms. The van der Waals surface area contributed by atoms with Crippen molar-refractivity contribution >= 4 is 25.7 Å². The third-order valence-electron chi connectivity index (χ3n) is 7.67. The SMILES string of the molecule is CCCC/C=C/CCCCCCCC(=O)OC[C@H](COP(=O)(O)OC[C@H](N)C(=O)O)OC(=O)CCCCC/C=C/CCCCCCCC. The van der Waals surface area contributed by atoms with E-state index in [1.165, 1.54) is 51.4 Å². The molecule has 4 N–H and O–H groups in total. The molecule has 0 spiro atoms. The molecule has 0 radical (unpaired) electrons. The van der Waals surface area contributed by atoms with Gasteiger partial charge in [0.15, 0.2) is 6.10 Å². The Morgan fingerprint density at radius 2 is 1.06 bits per heavy atom. The van der Waals surface area contributed by atoms with Gasteiger partial charge in [0.2, 0.25) is 0 Å². The summed E-state index contributed by atoms with van der Waals surface area (Å²) in [4.78, 5) is 45.6. The summed E-state index contributed by atoms with van der Waals surface area (Å²) in [6, 6.07) is -1.52. The minimum absolute atomic E-state index is 0.140. The molecule has 0 aliphatic carbocycles. The fraction of sp³-hybridized carbons (Fsp3) is 0.806. The molecule has 0 fully saturated rings.